The molecule has 0 aliphatic carbocycles. The van der Waals surface area contributed by atoms with Gasteiger partial charge in [-0.15, -0.1) is 5.11 Å². The van der Waals surface area contributed by atoms with Gasteiger partial charge in [0.15, 0.2) is 5.75 Å². The Morgan fingerprint density at radius 2 is 1.86 bits per heavy atom. The van der Waals surface area contributed by atoms with E-state index in [4.69, 9.17) is 4.89 Å². The standard InChI is InChI=1S/C16H15N3O2S/c1-11(12-7-9-13(10-8-12)21-20-2)18-19-16-17-14-5-3-4-6-15(14)22-16/h3-11H,1-2H3. The molecule has 2 aromatic carbocycles. The third kappa shape index (κ3) is 3.29. The molecule has 0 fully saturated rings. The average Bonchev–Trinajstić information content (AvgIpc) is 2.96. The van der Waals surface area contributed by atoms with Crippen LogP contribution < -0.4 is 4.89 Å². The predicted molar refractivity (Wildman–Crippen MR) is 86.6 cm³/mol. The van der Waals surface area contributed by atoms with Crippen LogP contribution in [0.4, 0.5) is 5.13 Å². The van der Waals surface area contributed by atoms with E-state index in [1.54, 1.807) is 0 Å². The maximum absolute atomic E-state index is 4.94. The Balaban J connectivity index is 1.73. The Bertz CT molecular complexity index is 750. The molecule has 0 aliphatic rings. The molecule has 1 unspecified atom stereocenters. The van der Waals surface area contributed by atoms with Crippen molar-refractivity contribution in [2.45, 2.75) is 13.0 Å². The van der Waals surface area contributed by atoms with E-state index in [9.17, 15) is 0 Å². The minimum Gasteiger partial charge on any atom is -0.338 e. The van der Waals surface area contributed by atoms with Crippen LogP contribution >= 0.6 is 11.3 Å². The van der Waals surface area contributed by atoms with E-state index in [0.29, 0.717) is 10.9 Å². The molecule has 1 aromatic heterocycles. The van der Waals surface area contributed by atoms with Crippen molar-refractivity contribution in [3.05, 3.63) is 54.1 Å². The molecule has 0 bridgehead atoms. The van der Waals surface area contributed by atoms with Crippen molar-refractivity contribution >= 4 is 26.7 Å². The van der Waals surface area contributed by atoms with E-state index in [-0.39, 0.29) is 6.04 Å². The molecule has 5 nitrogen and oxygen atoms in total. The molecule has 112 valence electrons. The number of thiazole rings is 1. The van der Waals surface area contributed by atoms with Gasteiger partial charge in [-0.05, 0) is 36.8 Å². The van der Waals surface area contributed by atoms with Crippen LogP contribution in [-0.4, -0.2) is 12.1 Å². The topological polar surface area (TPSA) is 56.1 Å². The van der Waals surface area contributed by atoms with Gasteiger partial charge in [-0.3, -0.25) is 0 Å². The number of aromatic nitrogens is 1. The number of hydrogen-bond acceptors (Lipinski definition) is 6. The summed E-state index contributed by atoms with van der Waals surface area (Å²) >= 11 is 1.54. The summed E-state index contributed by atoms with van der Waals surface area (Å²) < 4.78 is 1.12. The van der Waals surface area contributed by atoms with Gasteiger partial charge in [0.05, 0.1) is 23.4 Å². The van der Waals surface area contributed by atoms with Gasteiger partial charge in [-0.1, -0.05) is 35.6 Å². The smallest absolute Gasteiger partial charge is 0.230 e. The van der Waals surface area contributed by atoms with Gasteiger partial charge in [0.25, 0.3) is 0 Å². The van der Waals surface area contributed by atoms with Crippen molar-refractivity contribution < 1.29 is 9.78 Å². The summed E-state index contributed by atoms with van der Waals surface area (Å²) in [6.07, 6.45) is 0. The quantitative estimate of drug-likeness (QED) is 0.375. The van der Waals surface area contributed by atoms with E-state index in [0.717, 1.165) is 15.8 Å². The Morgan fingerprint density at radius 1 is 1.09 bits per heavy atom. The van der Waals surface area contributed by atoms with Crippen molar-refractivity contribution in [3.63, 3.8) is 0 Å². The number of rotatable bonds is 5. The van der Waals surface area contributed by atoms with E-state index in [1.807, 2.05) is 55.5 Å². The number of hydrogen-bond donors (Lipinski definition) is 0. The molecule has 1 atom stereocenters. The third-order valence-corrected chi connectivity index (χ3v) is 4.06. The average molecular weight is 313 g/mol. The SMILES string of the molecule is COOc1ccc(C(C)N=Nc2nc3ccccc3s2)cc1. The van der Waals surface area contributed by atoms with E-state index < -0.39 is 0 Å². The second-order valence-electron chi connectivity index (χ2n) is 4.67. The second-order valence-corrected chi connectivity index (χ2v) is 5.68. The Kier molecular flexibility index (Phi) is 4.41. The monoisotopic (exact) mass is 313 g/mol. The summed E-state index contributed by atoms with van der Waals surface area (Å²) in [5, 5.41) is 9.26. The molecule has 0 radical (unpaired) electrons. The molecule has 3 aromatic rings. The molecule has 0 aliphatic heterocycles. The van der Waals surface area contributed by atoms with E-state index in [1.165, 1.54) is 18.4 Å². The van der Waals surface area contributed by atoms with E-state index in [2.05, 4.69) is 20.1 Å². The van der Waals surface area contributed by atoms with Gasteiger partial charge >= 0.3 is 0 Å². The van der Waals surface area contributed by atoms with Crippen LogP contribution in [-0.2, 0) is 4.89 Å². The second kappa shape index (κ2) is 6.64. The molecule has 3 rings (SSSR count). The lowest BCUT2D eigenvalue weighted by Crippen LogP contribution is -1.92. The van der Waals surface area contributed by atoms with Crippen molar-refractivity contribution in [1.29, 1.82) is 0 Å². The summed E-state index contributed by atoms with van der Waals surface area (Å²) in [7, 11) is 1.47. The fourth-order valence-electron chi connectivity index (χ4n) is 2.00. The van der Waals surface area contributed by atoms with Crippen molar-refractivity contribution in [3.8, 4) is 5.75 Å². The molecule has 0 amide bonds. The molecule has 0 spiro atoms. The lowest BCUT2D eigenvalue weighted by molar-refractivity contribution is -0.178. The first-order valence-electron chi connectivity index (χ1n) is 6.83. The largest absolute Gasteiger partial charge is 0.338 e. The van der Waals surface area contributed by atoms with Crippen LogP contribution in [0.1, 0.15) is 18.5 Å². The third-order valence-electron chi connectivity index (χ3n) is 3.14. The number of para-hydroxylation sites is 1. The minimum atomic E-state index is -0.0522. The Morgan fingerprint density at radius 3 is 2.59 bits per heavy atom. The van der Waals surface area contributed by atoms with Crippen LogP contribution in [0, 0.1) is 0 Å². The van der Waals surface area contributed by atoms with Gasteiger partial charge in [0.2, 0.25) is 5.13 Å². The van der Waals surface area contributed by atoms with E-state index >= 15 is 0 Å². The van der Waals surface area contributed by atoms with Gasteiger partial charge in [-0.2, -0.15) is 10.0 Å². The summed E-state index contributed by atoms with van der Waals surface area (Å²) in [6.45, 7) is 1.99. The zero-order chi connectivity index (χ0) is 15.4. The first kappa shape index (κ1) is 14.6. The highest BCUT2D eigenvalue weighted by molar-refractivity contribution is 7.21. The number of nitrogens with zero attached hydrogens (tertiary/aromatic N) is 3. The maximum atomic E-state index is 4.94. The molecule has 0 N–H and O–H groups in total. The molecular weight excluding hydrogens is 298 g/mol. The van der Waals surface area contributed by atoms with Crippen LogP contribution in [0.5, 0.6) is 5.75 Å². The Hall–Kier alpha value is -2.31. The molecule has 22 heavy (non-hydrogen) atoms. The minimum absolute atomic E-state index is 0.0522. The molecule has 0 saturated carbocycles. The first-order chi connectivity index (χ1) is 10.8. The summed E-state index contributed by atoms with van der Waals surface area (Å²) in [4.78, 5) is 14.0. The maximum Gasteiger partial charge on any atom is 0.230 e. The highest BCUT2D eigenvalue weighted by Gasteiger charge is 2.06. The number of benzene rings is 2. The fraction of sp³-hybridized carbons (Fsp3) is 0.188. The predicted octanol–water partition coefficient (Wildman–Crippen LogP) is 5.08. The van der Waals surface area contributed by atoms with Crippen LogP contribution in [0.3, 0.4) is 0 Å². The van der Waals surface area contributed by atoms with Crippen LogP contribution in [0.15, 0.2) is 58.8 Å². The molecular formula is C16H15N3O2S. The highest BCUT2D eigenvalue weighted by atomic mass is 32.1. The summed E-state index contributed by atoms with van der Waals surface area (Å²) in [5.41, 5.74) is 2.00. The normalized spacial score (nSPS) is 12.8. The zero-order valence-electron chi connectivity index (χ0n) is 12.3. The molecule has 0 saturated heterocycles. The van der Waals surface area contributed by atoms with Crippen molar-refractivity contribution in [2.75, 3.05) is 7.11 Å². The van der Waals surface area contributed by atoms with Gasteiger partial charge in [0, 0.05) is 0 Å². The number of fused-ring (bicyclic) bond motifs is 1. The number of azo groups is 1. The van der Waals surface area contributed by atoms with Gasteiger partial charge < -0.3 is 4.89 Å². The van der Waals surface area contributed by atoms with Gasteiger partial charge in [0.1, 0.15) is 0 Å². The Labute approximate surface area is 132 Å². The lowest BCUT2D eigenvalue weighted by Gasteiger charge is -2.06. The highest BCUT2D eigenvalue weighted by Crippen LogP contribution is 2.29. The first-order valence-corrected chi connectivity index (χ1v) is 7.65. The van der Waals surface area contributed by atoms with Crippen molar-refractivity contribution in [2.24, 2.45) is 10.2 Å². The summed E-state index contributed by atoms with van der Waals surface area (Å²) in [5.74, 6) is 0.654. The fourth-order valence-corrected chi connectivity index (χ4v) is 2.80. The molecule has 6 heteroatoms. The molecule has 1 heterocycles. The van der Waals surface area contributed by atoms with Crippen LogP contribution in [0.2, 0.25) is 0 Å². The lowest BCUT2D eigenvalue weighted by atomic mass is 10.1. The summed E-state index contributed by atoms with van der Waals surface area (Å²) in [6, 6.07) is 15.5. The van der Waals surface area contributed by atoms with Crippen molar-refractivity contribution in [1.82, 2.24) is 4.98 Å². The van der Waals surface area contributed by atoms with Crippen LogP contribution in [0.25, 0.3) is 10.2 Å². The zero-order valence-corrected chi connectivity index (χ0v) is 13.1. The van der Waals surface area contributed by atoms with Gasteiger partial charge in [-0.25, -0.2) is 4.98 Å².